The Labute approximate surface area is 140 Å². The first kappa shape index (κ1) is 15.7. The average Bonchev–Trinajstić information content (AvgIpc) is 2.38. The third-order valence-electron chi connectivity index (χ3n) is 2.60. The van der Waals surface area contributed by atoms with Gasteiger partial charge in [-0.1, -0.05) is 12.1 Å². The Kier molecular flexibility index (Phi) is 5.05. The molecule has 0 radical (unpaired) electrons. The number of rotatable bonds is 4. The molecule has 106 valence electrons. The van der Waals surface area contributed by atoms with E-state index in [2.05, 4.69) is 43.2 Å². The minimum absolute atomic E-state index is 0.180. The number of benzene rings is 2. The van der Waals surface area contributed by atoms with Gasteiger partial charge in [-0.25, -0.2) is 8.42 Å². The number of anilines is 1. The van der Waals surface area contributed by atoms with Crippen LogP contribution in [-0.4, -0.2) is 8.42 Å². The second kappa shape index (κ2) is 6.42. The highest BCUT2D eigenvalue weighted by atomic mass is 127. The lowest BCUT2D eigenvalue weighted by Crippen LogP contribution is -2.14. The van der Waals surface area contributed by atoms with Crippen LogP contribution in [-0.2, 0) is 16.6 Å². The van der Waals surface area contributed by atoms with Crippen molar-refractivity contribution in [3.05, 3.63) is 56.1 Å². The maximum absolute atomic E-state index is 12.4. The van der Waals surface area contributed by atoms with Crippen LogP contribution >= 0.6 is 38.5 Å². The molecule has 7 heteroatoms. The van der Waals surface area contributed by atoms with Crippen LogP contribution in [0.1, 0.15) is 5.56 Å². The van der Waals surface area contributed by atoms with Gasteiger partial charge in [-0.05, 0) is 74.4 Å². The van der Waals surface area contributed by atoms with Gasteiger partial charge in [0.05, 0.1) is 0 Å². The maximum Gasteiger partial charge on any atom is 0.263 e. The molecule has 0 unspecified atom stereocenters. The van der Waals surface area contributed by atoms with E-state index in [4.69, 9.17) is 5.73 Å². The van der Waals surface area contributed by atoms with Gasteiger partial charge in [0.1, 0.15) is 4.90 Å². The molecule has 0 saturated carbocycles. The molecule has 0 fully saturated rings. The normalized spacial score (nSPS) is 11.3. The molecule has 0 bridgehead atoms. The second-order valence-electron chi connectivity index (χ2n) is 4.08. The molecule has 0 aliphatic carbocycles. The zero-order valence-electron chi connectivity index (χ0n) is 10.3. The Hall–Kier alpha value is -0.640. The number of sulfonamides is 1. The van der Waals surface area contributed by atoms with E-state index in [0.717, 1.165) is 9.13 Å². The third-order valence-corrected chi connectivity index (χ3v) is 5.64. The molecular formula is C13H12BrIN2O2S. The predicted molar refractivity (Wildman–Crippen MR) is 92.0 cm³/mol. The summed E-state index contributed by atoms with van der Waals surface area (Å²) in [5.41, 5.74) is 6.84. The zero-order valence-corrected chi connectivity index (χ0v) is 14.9. The highest BCUT2D eigenvalue weighted by molar-refractivity contribution is 14.1. The van der Waals surface area contributed by atoms with E-state index in [0.29, 0.717) is 16.7 Å². The van der Waals surface area contributed by atoms with Crippen molar-refractivity contribution in [1.82, 2.24) is 0 Å². The van der Waals surface area contributed by atoms with Gasteiger partial charge in [0.25, 0.3) is 10.0 Å². The largest absolute Gasteiger partial charge is 0.326 e. The lowest BCUT2D eigenvalue weighted by Gasteiger charge is -2.11. The lowest BCUT2D eigenvalue weighted by molar-refractivity contribution is 0.600. The number of hydrogen-bond donors (Lipinski definition) is 2. The Bertz CT molecular complexity index is 735. The Balaban J connectivity index is 2.40. The van der Waals surface area contributed by atoms with E-state index in [-0.39, 0.29) is 4.90 Å². The van der Waals surface area contributed by atoms with Crippen molar-refractivity contribution in [1.29, 1.82) is 0 Å². The fourth-order valence-corrected chi connectivity index (χ4v) is 4.25. The monoisotopic (exact) mass is 466 g/mol. The highest BCUT2D eigenvalue weighted by Gasteiger charge is 2.18. The smallest absolute Gasteiger partial charge is 0.263 e. The van der Waals surface area contributed by atoms with E-state index in [1.54, 1.807) is 36.4 Å². The predicted octanol–water partition coefficient (Wildman–Crippen LogP) is 3.31. The van der Waals surface area contributed by atoms with Crippen LogP contribution in [0.3, 0.4) is 0 Å². The van der Waals surface area contributed by atoms with Crippen molar-refractivity contribution in [3.8, 4) is 0 Å². The van der Waals surface area contributed by atoms with Crippen molar-refractivity contribution in [2.75, 3.05) is 4.72 Å². The van der Waals surface area contributed by atoms with Gasteiger partial charge in [-0.2, -0.15) is 0 Å². The van der Waals surface area contributed by atoms with E-state index in [1.165, 1.54) is 0 Å². The van der Waals surface area contributed by atoms with Crippen LogP contribution in [0.15, 0.2) is 51.8 Å². The van der Waals surface area contributed by atoms with Crippen molar-refractivity contribution < 1.29 is 8.42 Å². The van der Waals surface area contributed by atoms with Crippen LogP contribution in [0.4, 0.5) is 5.69 Å². The minimum atomic E-state index is -3.65. The number of hydrogen-bond acceptors (Lipinski definition) is 3. The van der Waals surface area contributed by atoms with Crippen LogP contribution in [0.2, 0.25) is 0 Å². The fourth-order valence-electron chi connectivity index (χ4n) is 1.64. The van der Waals surface area contributed by atoms with E-state index >= 15 is 0 Å². The first-order valence-electron chi connectivity index (χ1n) is 5.69. The summed E-state index contributed by atoms with van der Waals surface area (Å²) in [6.45, 7) is 0.291. The highest BCUT2D eigenvalue weighted by Crippen LogP contribution is 2.25. The van der Waals surface area contributed by atoms with Gasteiger partial charge in [0.15, 0.2) is 0 Å². The molecule has 2 aromatic carbocycles. The van der Waals surface area contributed by atoms with Crippen LogP contribution < -0.4 is 10.5 Å². The summed E-state index contributed by atoms with van der Waals surface area (Å²) in [5.74, 6) is 0. The summed E-state index contributed by atoms with van der Waals surface area (Å²) in [7, 11) is -3.65. The van der Waals surface area contributed by atoms with Crippen LogP contribution in [0.25, 0.3) is 0 Å². The van der Waals surface area contributed by atoms with Crippen LogP contribution in [0.5, 0.6) is 0 Å². The Morgan fingerprint density at radius 2 is 1.95 bits per heavy atom. The van der Waals surface area contributed by atoms with Gasteiger partial charge >= 0.3 is 0 Å². The molecule has 0 atom stereocenters. The lowest BCUT2D eigenvalue weighted by atomic mass is 10.2. The van der Waals surface area contributed by atoms with Gasteiger partial charge in [0, 0.05) is 20.3 Å². The first-order chi connectivity index (χ1) is 9.42. The summed E-state index contributed by atoms with van der Waals surface area (Å²) in [6, 6.07) is 12.2. The molecule has 0 aliphatic rings. The third kappa shape index (κ3) is 3.72. The van der Waals surface area contributed by atoms with E-state index < -0.39 is 10.0 Å². The molecule has 0 aromatic heterocycles. The summed E-state index contributed by atoms with van der Waals surface area (Å²) in [4.78, 5) is 0.180. The van der Waals surface area contributed by atoms with Gasteiger partial charge < -0.3 is 5.73 Å². The SMILES string of the molecule is NCc1ccc(Br)c(S(=O)(=O)Nc2cccc(I)c2)c1. The van der Waals surface area contributed by atoms with Crippen molar-refractivity contribution in [3.63, 3.8) is 0 Å². The van der Waals surface area contributed by atoms with Gasteiger partial charge in [0.2, 0.25) is 0 Å². The van der Waals surface area contributed by atoms with Crippen molar-refractivity contribution >= 4 is 54.2 Å². The molecule has 20 heavy (non-hydrogen) atoms. The number of nitrogens with two attached hydrogens (primary N) is 1. The van der Waals surface area contributed by atoms with E-state index in [9.17, 15) is 8.42 Å². The quantitative estimate of drug-likeness (QED) is 0.679. The summed E-state index contributed by atoms with van der Waals surface area (Å²) >= 11 is 5.39. The first-order valence-corrected chi connectivity index (χ1v) is 9.05. The molecule has 2 rings (SSSR count). The molecule has 0 aliphatic heterocycles. The molecular weight excluding hydrogens is 455 g/mol. The molecule has 0 spiro atoms. The molecule has 4 nitrogen and oxygen atoms in total. The average molecular weight is 467 g/mol. The number of halogens is 2. The standard InChI is InChI=1S/C13H12BrIN2O2S/c14-12-5-4-9(8-16)6-13(12)20(18,19)17-11-3-1-2-10(15)7-11/h1-7,17H,8,16H2. The maximum atomic E-state index is 12.4. The molecule has 0 saturated heterocycles. The molecule has 2 aromatic rings. The minimum Gasteiger partial charge on any atom is -0.326 e. The summed E-state index contributed by atoms with van der Waals surface area (Å²) in [5, 5.41) is 0. The second-order valence-corrected chi connectivity index (χ2v) is 7.84. The molecule has 3 N–H and O–H groups in total. The van der Waals surface area contributed by atoms with Crippen molar-refractivity contribution in [2.45, 2.75) is 11.4 Å². The Morgan fingerprint density at radius 1 is 1.20 bits per heavy atom. The Morgan fingerprint density at radius 3 is 2.60 bits per heavy atom. The molecule has 0 amide bonds. The topological polar surface area (TPSA) is 72.2 Å². The molecule has 0 heterocycles. The van der Waals surface area contributed by atoms with Gasteiger partial charge in [-0.15, -0.1) is 0 Å². The summed E-state index contributed by atoms with van der Waals surface area (Å²) in [6.07, 6.45) is 0. The fraction of sp³-hybridized carbons (Fsp3) is 0.0769. The van der Waals surface area contributed by atoms with Gasteiger partial charge in [-0.3, -0.25) is 4.72 Å². The van der Waals surface area contributed by atoms with Crippen molar-refractivity contribution in [2.24, 2.45) is 5.73 Å². The van der Waals surface area contributed by atoms with Crippen LogP contribution in [0, 0.1) is 3.57 Å². The van der Waals surface area contributed by atoms with E-state index in [1.807, 2.05) is 6.07 Å². The zero-order chi connectivity index (χ0) is 14.8. The number of nitrogens with one attached hydrogen (secondary N) is 1. The summed E-state index contributed by atoms with van der Waals surface area (Å²) < 4.78 is 28.9.